The quantitative estimate of drug-likeness (QED) is 0.700. The third-order valence-electron chi connectivity index (χ3n) is 3.42. The summed E-state index contributed by atoms with van der Waals surface area (Å²) in [6.45, 7) is 8.47. The zero-order valence-electron chi connectivity index (χ0n) is 10.7. The molecule has 1 heterocycles. The van der Waals surface area contributed by atoms with Gasteiger partial charge in [-0.2, -0.15) is 5.26 Å². The average molecular weight is 223 g/mol. The molecule has 1 aliphatic heterocycles. The summed E-state index contributed by atoms with van der Waals surface area (Å²) in [5.74, 6) is 0.794. The SMILES string of the molecule is CCCC(C)CNC1CCN(CC#N)CC1. The third kappa shape index (κ3) is 4.96. The number of likely N-dealkylation sites (tertiary alicyclic amines) is 1. The minimum atomic E-state index is 0.596. The standard InChI is InChI=1S/C13H25N3/c1-3-4-12(2)11-15-13-5-8-16(9-6-13)10-7-14/h12-13,15H,3-6,8-11H2,1-2H3. The molecule has 1 rings (SSSR count). The highest BCUT2D eigenvalue weighted by atomic mass is 15.1. The molecular weight excluding hydrogens is 198 g/mol. The molecular formula is C13H25N3. The minimum absolute atomic E-state index is 0.596. The van der Waals surface area contributed by atoms with Crippen LogP contribution in [-0.2, 0) is 0 Å². The summed E-state index contributed by atoms with van der Waals surface area (Å²) in [6, 6.07) is 2.90. The second kappa shape index (κ2) is 7.65. The fourth-order valence-corrected chi connectivity index (χ4v) is 2.36. The third-order valence-corrected chi connectivity index (χ3v) is 3.42. The van der Waals surface area contributed by atoms with Crippen LogP contribution >= 0.6 is 0 Å². The molecule has 0 spiro atoms. The van der Waals surface area contributed by atoms with Crippen molar-refractivity contribution in [2.24, 2.45) is 5.92 Å². The minimum Gasteiger partial charge on any atom is -0.314 e. The van der Waals surface area contributed by atoms with E-state index in [9.17, 15) is 0 Å². The molecule has 3 heteroatoms. The van der Waals surface area contributed by atoms with E-state index in [1.165, 1.54) is 25.7 Å². The summed E-state index contributed by atoms with van der Waals surface area (Å²) in [4.78, 5) is 2.24. The van der Waals surface area contributed by atoms with Crippen LogP contribution in [0.5, 0.6) is 0 Å². The molecule has 1 saturated heterocycles. The Balaban J connectivity index is 2.10. The van der Waals surface area contributed by atoms with E-state index in [2.05, 4.69) is 30.1 Å². The highest BCUT2D eigenvalue weighted by Crippen LogP contribution is 2.11. The number of nitrogens with zero attached hydrogens (tertiary/aromatic N) is 2. The van der Waals surface area contributed by atoms with Gasteiger partial charge in [-0.3, -0.25) is 4.90 Å². The van der Waals surface area contributed by atoms with Crippen molar-refractivity contribution in [2.45, 2.75) is 45.6 Å². The molecule has 1 fully saturated rings. The fraction of sp³-hybridized carbons (Fsp3) is 0.923. The molecule has 0 aromatic heterocycles. The van der Waals surface area contributed by atoms with Crippen LogP contribution in [0.4, 0.5) is 0 Å². The molecule has 0 saturated carbocycles. The molecule has 1 unspecified atom stereocenters. The van der Waals surface area contributed by atoms with Gasteiger partial charge in [0.15, 0.2) is 0 Å². The van der Waals surface area contributed by atoms with Gasteiger partial charge in [0.25, 0.3) is 0 Å². The largest absolute Gasteiger partial charge is 0.314 e. The second-order valence-corrected chi connectivity index (χ2v) is 5.01. The Morgan fingerprint density at radius 1 is 1.44 bits per heavy atom. The van der Waals surface area contributed by atoms with Crippen molar-refractivity contribution in [3.8, 4) is 6.07 Å². The predicted molar refractivity (Wildman–Crippen MR) is 67.1 cm³/mol. The lowest BCUT2D eigenvalue weighted by molar-refractivity contribution is 0.213. The molecule has 3 nitrogen and oxygen atoms in total. The van der Waals surface area contributed by atoms with Crippen LogP contribution in [0.15, 0.2) is 0 Å². The fourth-order valence-electron chi connectivity index (χ4n) is 2.36. The number of piperidine rings is 1. The first-order chi connectivity index (χ1) is 7.76. The molecule has 0 aromatic rings. The lowest BCUT2D eigenvalue weighted by Crippen LogP contribution is -2.43. The van der Waals surface area contributed by atoms with E-state index in [1.54, 1.807) is 0 Å². The zero-order chi connectivity index (χ0) is 11.8. The van der Waals surface area contributed by atoms with Crippen LogP contribution in [0.25, 0.3) is 0 Å². The maximum atomic E-state index is 8.61. The van der Waals surface area contributed by atoms with Crippen LogP contribution in [0, 0.1) is 17.2 Å². The van der Waals surface area contributed by atoms with E-state index in [1.807, 2.05) is 0 Å². The highest BCUT2D eigenvalue weighted by molar-refractivity contribution is 4.83. The number of hydrogen-bond acceptors (Lipinski definition) is 3. The average Bonchev–Trinajstić information content (AvgIpc) is 2.29. The summed E-state index contributed by atoms with van der Waals surface area (Å²) >= 11 is 0. The lowest BCUT2D eigenvalue weighted by atomic mass is 10.0. The Hall–Kier alpha value is -0.590. The van der Waals surface area contributed by atoms with Crippen molar-refractivity contribution in [1.82, 2.24) is 10.2 Å². The van der Waals surface area contributed by atoms with Gasteiger partial charge in [-0.1, -0.05) is 20.3 Å². The van der Waals surface area contributed by atoms with Gasteiger partial charge < -0.3 is 5.32 Å². The van der Waals surface area contributed by atoms with Gasteiger partial charge in [-0.25, -0.2) is 0 Å². The van der Waals surface area contributed by atoms with E-state index >= 15 is 0 Å². The number of nitrogens with one attached hydrogen (secondary N) is 1. The van der Waals surface area contributed by atoms with Gasteiger partial charge in [-0.05, 0) is 31.7 Å². The normalized spacial score (nSPS) is 20.6. The molecule has 0 amide bonds. The first kappa shape index (κ1) is 13.5. The molecule has 0 aromatic carbocycles. The molecule has 0 bridgehead atoms. The molecule has 1 aliphatic rings. The van der Waals surface area contributed by atoms with E-state index in [0.717, 1.165) is 25.6 Å². The Morgan fingerprint density at radius 2 is 2.12 bits per heavy atom. The summed E-state index contributed by atoms with van der Waals surface area (Å²) < 4.78 is 0. The number of rotatable bonds is 6. The van der Waals surface area contributed by atoms with Crippen molar-refractivity contribution >= 4 is 0 Å². The van der Waals surface area contributed by atoms with Gasteiger partial charge in [0.2, 0.25) is 0 Å². The zero-order valence-corrected chi connectivity index (χ0v) is 10.7. The first-order valence-electron chi connectivity index (χ1n) is 6.59. The smallest absolute Gasteiger partial charge is 0.0866 e. The number of hydrogen-bond donors (Lipinski definition) is 1. The summed E-state index contributed by atoms with van der Waals surface area (Å²) in [5.41, 5.74) is 0. The predicted octanol–water partition coefficient (Wildman–Crippen LogP) is 2.00. The Labute approximate surface area is 99.8 Å². The van der Waals surface area contributed by atoms with Crippen LogP contribution in [0.3, 0.4) is 0 Å². The van der Waals surface area contributed by atoms with Crippen molar-refractivity contribution in [2.75, 3.05) is 26.2 Å². The summed E-state index contributed by atoms with van der Waals surface area (Å²) in [6.07, 6.45) is 4.99. The molecule has 1 N–H and O–H groups in total. The molecule has 16 heavy (non-hydrogen) atoms. The number of nitriles is 1. The Morgan fingerprint density at radius 3 is 2.69 bits per heavy atom. The maximum Gasteiger partial charge on any atom is 0.0866 e. The molecule has 0 radical (unpaired) electrons. The van der Waals surface area contributed by atoms with Crippen molar-refractivity contribution in [3.63, 3.8) is 0 Å². The van der Waals surface area contributed by atoms with Gasteiger partial charge >= 0.3 is 0 Å². The highest BCUT2D eigenvalue weighted by Gasteiger charge is 2.18. The molecule has 0 aliphatic carbocycles. The van der Waals surface area contributed by atoms with Crippen molar-refractivity contribution in [3.05, 3.63) is 0 Å². The Bertz CT molecular complexity index is 214. The topological polar surface area (TPSA) is 39.1 Å². The lowest BCUT2D eigenvalue weighted by Gasteiger charge is -2.31. The van der Waals surface area contributed by atoms with Crippen LogP contribution in [-0.4, -0.2) is 37.1 Å². The molecule has 92 valence electrons. The monoisotopic (exact) mass is 223 g/mol. The van der Waals surface area contributed by atoms with E-state index in [-0.39, 0.29) is 0 Å². The van der Waals surface area contributed by atoms with Gasteiger partial charge in [-0.15, -0.1) is 0 Å². The van der Waals surface area contributed by atoms with E-state index in [0.29, 0.717) is 12.6 Å². The Kier molecular flexibility index (Phi) is 6.44. The first-order valence-corrected chi connectivity index (χ1v) is 6.59. The van der Waals surface area contributed by atoms with Gasteiger partial charge in [0, 0.05) is 19.1 Å². The van der Waals surface area contributed by atoms with Crippen LogP contribution in [0.1, 0.15) is 39.5 Å². The second-order valence-electron chi connectivity index (χ2n) is 5.01. The van der Waals surface area contributed by atoms with Crippen molar-refractivity contribution < 1.29 is 0 Å². The summed E-state index contributed by atoms with van der Waals surface area (Å²) in [7, 11) is 0. The van der Waals surface area contributed by atoms with Gasteiger partial charge in [0.05, 0.1) is 12.6 Å². The van der Waals surface area contributed by atoms with E-state index in [4.69, 9.17) is 5.26 Å². The van der Waals surface area contributed by atoms with Gasteiger partial charge in [0.1, 0.15) is 0 Å². The van der Waals surface area contributed by atoms with E-state index < -0.39 is 0 Å². The van der Waals surface area contributed by atoms with Crippen LogP contribution < -0.4 is 5.32 Å². The van der Waals surface area contributed by atoms with Crippen LogP contribution in [0.2, 0.25) is 0 Å². The summed E-state index contributed by atoms with van der Waals surface area (Å²) in [5, 5.41) is 12.3. The maximum absolute atomic E-state index is 8.61. The van der Waals surface area contributed by atoms with Crippen molar-refractivity contribution in [1.29, 1.82) is 5.26 Å². The molecule has 1 atom stereocenters.